The third-order valence-electron chi connectivity index (χ3n) is 5.87. The summed E-state index contributed by atoms with van der Waals surface area (Å²) in [6, 6.07) is 21.1. The average Bonchev–Trinajstić information content (AvgIpc) is 3.51. The minimum absolute atomic E-state index is 0.0626. The summed E-state index contributed by atoms with van der Waals surface area (Å²) in [5, 5.41) is 11.2. The fourth-order valence-electron chi connectivity index (χ4n) is 4.08. The Hall–Kier alpha value is -4.72. The molecule has 0 aliphatic heterocycles. The van der Waals surface area contributed by atoms with Crippen molar-refractivity contribution in [3.63, 3.8) is 0 Å². The van der Waals surface area contributed by atoms with Gasteiger partial charge in [-0.05, 0) is 60.0 Å². The van der Waals surface area contributed by atoms with E-state index in [1.165, 1.54) is 29.3 Å². The van der Waals surface area contributed by atoms with Gasteiger partial charge in [-0.2, -0.15) is 5.10 Å². The van der Waals surface area contributed by atoms with Crippen LogP contribution in [0.4, 0.5) is 10.1 Å². The van der Waals surface area contributed by atoms with Crippen LogP contribution in [0.2, 0.25) is 0 Å². The van der Waals surface area contributed by atoms with Crippen LogP contribution in [-0.4, -0.2) is 33.1 Å². The SMILES string of the molecule is O=C(Cc1cccc(F)c1)Nc1cnn(-c2ccc(C(=O)NCCc3c[nH]c4ccccc34)cc2)c1. The van der Waals surface area contributed by atoms with E-state index in [-0.39, 0.29) is 24.1 Å². The number of nitrogens with zero attached hydrogens (tertiary/aromatic N) is 2. The molecule has 0 aliphatic rings. The summed E-state index contributed by atoms with van der Waals surface area (Å²) in [6.07, 6.45) is 5.99. The summed E-state index contributed by atoms with van der Waals surface area (Å²) >= 11 is 0. The fraction of sp³-hybridized carbons (Fsp3) is 0.107. The molecule has 5 aromatic rings. The topological polar surface area (TPSA) is 91.8 Å². The van der Waals surface area contributed by atoms with Crippen molar-refractivity contribution < 1.29 is 14.0 Å². The van der Waals surface area contributed by atoms with Crippen LogP contribution in [0.25, 0.3) is 16.6 Å². The van der Waals surface area contributed by atoms with Crippen LogP contribution in [0.1, 0.15) is 21.5 Å². The van der Waals surface area contributed by atoms with Crippen molar-refractivity contribution in [2.24, 2.45) is 0 Å². The number of aromatic amines is 1. The predicted molar refractivity (Wildman–Crippen MR) is 137 cm³/mol. The van der Waals surface area contributed by atoms with Crippen molar-refractivity contribution in [1.29, 1.82) is 0 Å². The van der Waals surface area contributed by atoms with Crippen LogP contribution in [0.5, 0.6) is 0 Å². The molecule has 2 heterocycles. The van der Waals surface area contributed by atoms with Crippen LogP contribution in [0.15, 0.2) is 91.4 Å². The van der Waals surface area contributed by atoms with Gasteiger partial charge in [-0.1, -0.05) is 30.3 Å². The minimum Gasteiger partial charge on any atom is -0.361 e. The van der Waals surface area contributed by atoms with E-state index in [9.17, 15) is 14.0 Å². The van der Waals surface area contributed by atoms with Crippen molar-refractivity contribution in [3.05, 3.63) is 114 Å². The molecule has 36 heavy (non-hydrogen) atoms. The molecule has 5 rings (SSSR count). The monoisotopic (exact) mass is 481 g/mol. The lowest BCUT2D eigenvalue weighted by Gasteiger charge is -2.07. The van der Waals surface area contributed by atoms with Gasteiger partial charge >= 0.3 is 0 Å². The van der Waals surface area contributed by atoms with Gasteiger partial charge in [-0.15, -0.1) is 0 Å². The maximum Gasteiger partial charge on any atom is 0.251 e. The van der Waals surface area contributed by atoms with Crippen molar-refractivity contribution >= 4 is 28.4 Å². The normalized spacial score (nSPS) is 10.9. The average molecular weight is 482 g/mol. The number of H-pyrrole nitrogens is 1. The molecule has 0 atom stereocenters. The Morgan fingerprint density at radius 2 is 1.83 bits per heavy atom. The van der Waals surface area contributed by atoms with Gasteiger partial charge in [-0.25, -0.2) is 9.07 Å². The molecule has 3 aromatic carbocycles. The lowest BCUT2D eigenvalue weighted by Crippen LogP contribution is -2.25. The second kappa shape index (κ2) is 10.3. The number of anilines is 1. The maximum absolute atomic E-state index is 13.3. The van der Waals surface area contributed by atoms with Crippen molar-refractivity contribution in [1.82, 2.24) is 20.1 Å². The largest absolute Gasteiger partial charge is 0.361 e. The van der Waals surface area contributed by atoms with Gasteiger partial charge in [0, 0.05) is 29.2 Å². The van der Waals surface area contributed by atoms with E-state index < -0.39 is 0 Å². The van der Waals surface area contributed by atoms with Crippen LogP contribution in [0.3, 0.4) is 0 Å². The highest BCUT2D eigenvalue weighted by molar-refractivity contribution is 5.94. The van der Waals surface area contributed by atoms with E-state index in [1.807, 2.05) is 24.4 Å². The molecular formula is C28H24FN5O2. The molecule has 0 saturated carbocycles. The molecule has 0 fully saturated rings. The molecular weight excluding hydrogens is 457 g/mol. The first kappa shape index (κ1) is 23.0. The maximum atomic E-state index is 13.3. The summed E-state index contributed by atoms with van der Waals surface area (Å²) in [7, 11) is 0. The number of halogens is 1. The number of fused-ring (bicyclic) bond motifs is 1. The Labute approximate surface area is 207 Å². The highest BCUT2D eigenvalue weighted by atomic mass is 19.1. The van der Waals surface area contributed by atoms with Crippen molar-refractivity contribution in [3.8, 4) is 5.69 Å². The van der Waals surface area contributed by atoms with Crippen molar-refractivity contribution in [2.75, 3.05) is 11.9 Å². The molecule has 2 aromatic heterocycles. The van der Waals surface area contributed by atoms with E-state index in [0.29, 0.717) is 23.4 Å². The Balaban J connectivity index is 1.14. The first-order valence-corrected chi connectivity index (χ1v) is 11.6. The van der Waals surface area contributed by atoms with Gasteiger partial charge in [0.15, 0.2) is 0 Å². The van der Waals surface area contributed by atoms with Gasteiger partial charge in [-0.3, -0.25) is 9.59 Å². The number of carbonyl (C=O) groups excluding carboxylic acids is 2. The van der Waals surface area contributed by atoms with Crippen LogP contribution in [-0.2, 0) is 17.6 Å². The first-order valence-electron chi connectivity index (χ1n) is 11.6. The smallest absolute Gasteiger partial charge is 0.251 e. The second-order valence-corrected chi connectivity index (χ2v) is 8.44. The number of amides is 2. The molecule has 0 bridgehead atoms. The highest BCUT2D eigenvalue weighted by Gasteiger charge is 2.10. The van der Waals surface area contributed by atoms with Crippen LogP contribution in [0, 0.1) is 5.82 Å². The quantitative estimate of drug-likeness (QED) is 0.301. The molecule has 8 heteroatoms. The molecule has 0 radical (unpaired) electrons. The van der Waals surface area contributed by atoms with Gasteiger partial charge in [0.2, 0.25) is 5.91 Å². The van der Waals surface area contributed by atoms with E-state index >= 15 is 0 Å². The molecule has 3 N–H and O–H groups in total. The Morgan fingerprint density at radius 1 is 1.00 bits per heavy atom. The molecule has 7 nitrogen and oxygen atoms in total. The summed E-state index contributed by atoms with van der Waals surface area (Å²) < 4.78 is 14.9. The van der Waals surface area contributed by atoms with E-state index in [2.05, 4.69) is 26.8 Å². The molecule has 0 spiro atoms. The zero-order valence-electron chi connectivity index (χ0n) is 19.4. The standard InChI is InChI=1S/C28H24FN5O2/c29-22-5-3-4-19(14-22)15-27(35)33-23-17-32-34(18-23)24-10-8-20(9-11-24)28(36)30-13-12-21-16-31-26-7-2-1-6-25(21)26/h1-11,14,16-18,31H,12-13,15H2,(H,30,36)(H,33,35). The summed E-state index contributed by atoms with van der Waals surface area (Å²) in [4.78, 5) is 28.1. The van der Waals surface area contributed by atoms with Gasteiger partial charge < -0.3 is 15.6 Å². The Morgan fingerprint density at radius 3 is 2.67 bits per heavy atom. The van der Waals surface area contributed by atoms with Crippen molar-refractivity contribution in [2.45, 2.75) is 12.8 Å². The van der Waals surface area contributed by atoms with E-state index in [4.69, 9.17) is 0 Å². The molecule has 2 amide bonds. The molecule has 0 aliphatic carbocycles. The number of para-hydroxylation sites is 1. The number of aromatic nitrogens is 3. The Bertz CT molecular complexity index is 1520. The Kier molecular flexibility index (Phi) is 6.57. The molecule has 0 unspecified atom stereocenters. The van der Waals surface area contributed by atoms with Crippen LogP contribution < -0.4 is 10.6 Å². The number of carbonyl (C=O) groups is 2. The van der Waals surface area contributed by atoms with Gasteiger partial charge in [0.05, 0.1) is 30.2 Å². The zero-order valence-corrected chi connectivity index (χ0v) is 19.4. The lowest BCUT2D eigenvalue weighted by atomic mass is 10.1. The number of hydrogen-bond acceptors (Lipinski definition) is 3. The second-order valence-electron chi connectivity index (χ2n) is 8.44. The summed E-state index contributed by atoms with van der Waals surface area (Å²) in [5.74, 6) is -0.786. The predicted octanol–water partition coefficient (Wildman–Crippen LogP) is 4.65. The van der Waals surface area contributed by atoms with Gasteiger partial charge in [0.1, 0.15) is 5.82 Å². The summed E-state index contributed by atoms with van der Waals surface area (Å²) in [6.45, 7) is 0.528. The third-order valence-corrected chi connectivity index (χ3v) is 5.87. The third kappa shape index (κ3) is 5.33. The number of hydrogen-bond donors (Lipinski definition) is 3. The number of rotatable bonds is 8. The van der Waals surface area contributed by atoms with Crippen LogP contribution >= 0.6 is 0 Å². The molecule has 180 valence electrons. The minimum atomic E-state index is -0.375. The number of benzene rings is 3. The molecule has 0 saturated heterocycles. The zero-order chi connectivity index (χ0) is 24.9. The van der Waals surface area contributed by atoms with E-state index in [0.717, 1.165) is 17.6 Å². The van der Waals surface area contributed by atoms with E-state index in [1.54, 1.807) is 47.3 Å². The first-order chi connectivity index (χ1) is 17.5. The highest BCUT2D eigenvalue weighted by Crippen LogP contribution is 2.18. The lowest BCUT2D eigenvalue weighted by molar-refractivity contribution is -0.115. The summed E-state index contributed by atoms with van der Waals surface area (Å²) in [5.41, 5.74) is 4.66. The van der Waals surface area contributed by atoms with Gasteiger partial charge in [0.25, 0.3) is 5.91 Å². The fourth-order valence-corrected chi connectivity index (χ4v) is 4.08. The number of nitrogens with one attached hydrogen (secondary N) is 3.